The molecular formula is C19H15ClN2O2S2. The van der Waals surface area contributed by atoms with Gasteiger partial charge in [0.05, 0.1) is 14.1 Å². The van der Waals surface area contributed by atoms with E-state index in [0.717, 1.165) is 22.5 Å². The highest BCUT2D eigenvalue weighted by Gasteiger charge is 2.22. The largest absolute Gasteiger partial charge is 0.333 e. The number of nitrogens with zero attached hydrogens (tertiary/aromatic N) is 1. The average molecular weight is 403 g/mol. The minimum Gasteiger partial charge on any atom is -0.333 e. The second kappa shape index (κ2) is 7.23. The van der Waals surface area contributed by atoms with Crippen LogP contribution in [0.3, 0.4) is 0 Å². The van der Waals surface area contributed by atoms with Crippen molar-refractivity contribution in [3.63, 3.8) is 0 Å². The van der Waals surface area contributed by atoms with Crippen LogP contribution in [0.15, 0.2) is 47.8 Å². The van der Waals surface area contributed by atoms with Crippen molar-refractivity contribution in [2.24, 2.45) is 0 Å². The van der Waals surface area contributed by atoms with E-state index in [9.17, 15) is 9.59 Å². The summed E-state index contributed by atoms with van der Waals surface area (Å²) < 4.78 is 0.586. The van der Waals surface area contributed by atoms with Crippen LogP contribution in [0.25, 0.3) is 0 Å². The minimum atomic E-state index is -0.177. The number of carbonyl (C=O) groups excluding carboxylic acids is 2. The molecule has 0 fully saturated rings. The van der Waals surface area contributed by atoms with Crippen LogP contribution in [0.1, 0.15) is 30.5 Å². The number of anilines is 1. The number of hydrogen-bond donors (Lipinski definition) is 1. The van der Waals surface area contributed by atoms with Gasteiger partial charge in [-0.05, 0) is 53.3 Å². The average Bonchev–Trinajstić information content (AvgIpc) is 3.32. The van der Waals surface area contributed by atoms with Gasteiger partial charge in [-0.2, -0.15) is 0 Å². The third-order valence-corrected chi connectivity index (χ3v) is 6.38. The number of halogens is 1. The molecule has 0 spiro atoms. The Balaban J connectivity index is 1.50. The molecule has 1 N–H and O–H groups in total. The summed E-state index contributed by atoms with van der Waals surface area (Å²) in [5.74, 6) is -0.113. The second-order valence-electron chi connectivity index (χ2n) is 6.00. The molecule has 1 aliphatic heterocycles. The minimum absolute atomic E-state index is 0.0633. The maximum atomic E-state index is 12.6. The third kappa shape index (κ3) is 3.53. The van der Waals surface area contributed by atoms with Crippen molar-refractivity contribution in [3.8, 4) is 0 Å². The van der Waals surface area contributed by atoms with Crippen LogP contribution in [-0.2, 0) is 13.0 Å². The quantitative estimate of drug-likeness (QED) is 0.676. The zero-order valence-corrected chi connectivity index (χ0v) is 16.1. The fourth-order valence-corrected chi connectivity index (χ4v) is 4.62. The highest BCUT2D eigenvalue weighted by Crippen LogP contribution is 2.26. The Hall–Kier alpha value is -2.15. The summed E-state index contributed by atoms with van der Waals surface area (Å²) in [7, 11) is 0. The lowest BCUT2D eigenvalue weighted by atomic mass is 9.99. The molecule has 3 heterocycles. The van der Waals surface area contributed by atoms with E-state index in [1.54, 1.807) is 12.1 Å². The lowest BCUT2D eigenvalue weighted by molar-refractivity contribution is 0.0739. The summed E-state index contributed by atoms with van der Waals surface area (Å²) in [6, 6.07) is 13.0. The van der Waals surface area contributed by atoms with E-state index in [1.165, 1.54) is 28.2 Å². The van der Waals surface area contributed by atoms with Crippen LogP contribution in [0.5, 0.6) is 0 Å². The Bertz CT molecular complexity index is 966. The van der Waals surface area contributed by atoms with Crippen molar-refractivity contribution in [1.82, 2.24) is 4.90 Å². The van der Waals surface area contributed by atoms with Gasteiger partial charge in [-0.3, -0.25) is 9.59 Å². The molecule has 4 rings (SSSR count). The molecule has 2 amide bonds. The molecule has 7 heteroatoms. The highest BCUT2D eigenvalue weighted by atomic mass is 35.5. The molecule has 0 bridgehead atoms. The summed E-state index contributed by atoms with van der Waals surface area (Å²) in [5, 5.41) is 4.82. The van der Waals surface area contributed by atoms with E-state index >= 15 is 0 Å². The molecule has 4 nitrogen and oxygen atoms in total. The first-order valence-corrected chi connectivity index (χ1v) is 10.2. The predicted octanol–water partition coefficient (Wildman–Crippen LogP) is 4.91. The molecular weight excluding hydrogens is 388 g/mol. The number of rotatable bonds is 3. The van der Waals surface area contributed by atoms with Gasteiger partial charge in [0.2, 0.25) is 0 Å². The van der Waals surface area contributed by atoms with Crippen molar-refractivity contribution in [3.05, 3.63) is 73.1 Å². The topological polar surface area (TPSA) is 49.4 Å². The smallest absolute Gasteiger partial charge is 0.265 e. The Morgan fingerprint density at radius 1 is 1.08 bits per heavy atom. The molecule has 1 aliphatic rings. The SMILES string of the molecule is O=C(Nc1ccc2c(c1)CN(C(=O)c1cccs1)CC2)c1ccc(Cl)s1. The highest BCUT2D eigenvalue weighted by molar-refractivity contribution is 7.18. The molecule has 2 aromatic heterocycles. The number of carbonyl (C=O) groups is 2. The Morgan fingerprint density at radius 2 is 1.96 bits per heavy atom. The number of thiophene rings is 2. The first kappa shape index (κ1) is 17.3. The van der Waals surface area contributed by atoms with Gasteiger partial charge >= 0.3 is 0 Å². The fourth-order valence-electron chi connectivity index (χ4n) is 2.99. The van der Waals surface area contributed by atoms with E-state index in [4.69, 9.17) is 11.6 Å². The van der Waals surface area contributed by atoms with Crippen LogP contribution >= 0.6 is 34.3 Å². The summed E-state index contributed by atoms with van der Waals surface area (Å²) in [6.45, 7) is 1.27. The Kier molecular flexibility index (Phi) is 4.80. The van der Waals surface area contributed by atoms with Gasteiger partial charge < -0.3 is 10.2 Å². The summed E-state index contributed by atoms with van der Waals surface area (Å²) in [4.78, 5) is 28.1. The van der Waals surface area contributed by atoms with Crippen LogP contribution < -0.4 is 5.32 Å². The number of nitrogens with one attached hydrogen (secondary N) is 1. The van der Waals surface area contributed by atoms with Crippen molar-refractivity contribution in [2.75, 3.05) is 11.9 Å². The summed E-state index contributed by atoms with van der Waals surface area (Å²) in [6.07, 6.45) is 0.821. The van der Waals surface area contributed by atoms with Crippen molar-refractivity contribution >= 4 is 51.8 Å². The molecule has 0 radical (unpaired) electrons. The number of amides is 2. The zero-order chi connectivity index (χ0) is 18.1. The van der Waals surface area contributed by atoms with Crippen LogP contribution in [0.4, 0.5) is 5.69 Å². The van der Waals surface area contributed by atoms with Gasteiger partial charge in [-0.1, -0.05) is 23.7 Å². The molecule has 0 saturated carbocycles. The van der Waals surface area contributed by atoms with Gasteiger partial charge in [0.15, 0.2) is 0 Å². The van der Waals surface area contributed by atoms with E-state index in [0.29, 0.717) is 22.3 Å². The fraction of sp³-hybridized carbons (Fsp3) is 0.158. The maximum Gasteiger partial charge on any atom is 0.265 e. The molecule has 0 unspecified atom stereocenters. The Morgan fingerprint density at radius 3 is 2.69 bits per heavy atom. The Labute approximate surface area is 164 Å². The molecule has 3 aromatic rings. The van der Waals surface area contributed by atoms with E-state index in [1.807, 2.05) is 40.6 Å². The standard InChI is InChI=1S/C19H15ClN2O2S2/c20-17-6-5-15(26-17)18(23)21-14-4-3-12-7-8-22(11-13(12)10-14)19(24)16-2-1-9-25-16/h1-6,9-10H,7-8,11H2,(H,21,23). The molecule has 0 atom stereocenters. The van der Waals surface area contributed by atoms with Crippen molar-refractivity contribution in [1.29, 1.82) is 0 Å². The third-order valence-electron chi connectivity index (χ3n) is 4.29. The number of fused-ring (bicyclic) bond motifs is 1. The van der Waals surface area contributed by atoms with E-state index < -0.39 is 0 Å². The van der Waals surface area contributed by atoms with Gasteiger partial charge in [0.25, 0.3) is 11.8 Å². The molecule has 132 valence electrons. The molecule has 0 aliphatic carbocycles. The van der Waals surface area contributed by atoms with Gasteiger partial charge in [0.1, 0.15) is 0 Å². The first-order chi connectivity index (χ1) is 12.6. The lowest BCUT2D eigenvalue weighted by Crippen LogP contribution is -2.35. The van der Waals surface area contributed by atoms with Crippen LogP contribution in [-0.4, -0.2) is 23.3 Å². The van der Waals surface area contributed by atoms with Crippen molar-refractivity contribution in [2.45, 2.75) is 13.0 Å². The first-order valence-electron chi connectivity index (χ1n) is 8.11. The van der Waals surface area contributed by atoms with E-state index in [-0.39, 0.29) is 11.8 Å². The lowest BCUT2D eigenvalue weighted by Gasteiger charge is -2.29. The van der Waals surface area contributed by atoms with Gasteiger partial charge in [-0.15, -0.1) is 22.7 Å². The summed E-state index contributed by atoms with van der Waals surface area (Å²) in [5.41, 5.74) is 3.02. The van der Waals surface area contributed by atoms with Crippen molar-refractivity contribution < 1.29 is 9.59 Å². The summed E-state index contributed by atoms with van der Waals surface area (Å²) >= 11 is 8.60. The number of hydrogen-bond acceptors (Lipinski definition) is 4. The van der Waals surface area contributed by atoms with Gasteiger partial charge in [-0.25, -0.2) is 0 Å². The zero-order valence-electron chi connectivity index (χ0n) is 13.7. The molecule has 26 heavy (non-hydrogen) atoms. The predicted molar refractivity (Wildman–Crippen MR) is 106 cm³/mol. The normalized spacial score (nSPS) is 13.3. The molecule has 1 aromatic carbocycles. The molecule has 0 saturated heterocycles. The van der Waals surface area contributed by atoms with Crippen LogP contribution in [0, 0.1) is 0 Å². The monoisotopic (exact) mass is 402 g/mol. The maximum absolute atomic E-state index is 12.6. The second-order valence-corrected chi connectivity index (χ2v) is 8.66. The van der Waals surface area contributed by atoms with Crippen LogP contribution in [0.2, 0.25) is 4.34 Å². The van der Waals surface area contributed by atoms with E-state index in [2.05, 4.69) is 5.32 Å². The van der Waals surface area contributed by atoms with Gasteiger partial charge in [0, 0.05) is 18.8 Å². The number of benzene rings is 1.